The first kappa shape index (κ1) is 18.0. The van der Waals surface area contributed by atoms with Crippen LogP contribution in [0.3, 0.4) is 0 Å². The fourth-order valence-electron chi connectivity index (χ4n) is 2.79. The van der Waals surface area contributed by atoms with Gasteiger partial charge >= 0.3 is 5.63 Å². The third kappa shape index (κ3) is 3.96. The molecule has 0 aliphatic rings. The van der Waals surface area contributed by atoms with Crippen LogP contribution >= 0.6 is 11.8 Å². The Kier molecular flexibility index (Phi) is 4.94. The highest BCUT2D eigenvalue weighted by molar-refractivity contribution is 7.98. The summed E-state index contributed by atoms with van der Waals surface area (Å²) in [5, 5.41) is 8.57. The second kappa shape index (κ2) is 7.69. The van der Waals surface area contributed by atoms with E-state index in [0.29, 0.717) is 22.2 Å². The van der Waals surface area contributed by atoms with Gasteiger partial charge in [-0.1, -0.05) is 30.0 Å². The Balaban J connectivity index is 1.57. The van der Waals surface area contributed by atoms with Gasteiger partial charge in [0.05, 0.1) is 5.69 Å². The van der Waals surface area contributed by atoms with Gasteiger partial charge in [-0.15, -0.1) is 5.10 Å². The Morgan fingerprint density at radius 1 is 1.18 bits per heavy atom. The average Bonchev–Trinajstić information content (AvgIpc) is 3.15. The molecular formula is C20H16N4O3S. The molecule has 1 N–H and O–H groups in total. The molecule has 0 saturated carbocycles. The van der Waals surface area contributed by atoms with Crippen LogP contribution in [0.1, 0.15) is 12.5 Å². The van der Waals surface area contributed by atoms with Crippen LogP contribution in [-0.2, 0) is 10.5 Å². The summed E-state index contributed by atoms with van der Waals surface area (Å²) in [5.41, 5.74) is 2.32. The Hall–Kier alpha value is -3.39. The van der Waals surface area contributed by atoms with Gasteiger partial charge in [0.15, 0.2) is 0 Å². The van der Waals surface area contributed by atoms with E-state index in [2.05, 4.69) is 15.4 Å². The molecule has 4 aromatic rings. The molecular weight excluding hydrogens is 376 g/mol. The maximum Gasteiger partial charge on any atom is 0.336 e. The van der Waals surface area contributed by atoms with Crippen LogP contribution in [0.15, 0.2) is 75.3 Å². The van der Waals surface area contributed by atoms with Gasteiger partial charge in [0.2, 0.25) is 11.1 Å². The molecule has 0 unspecified atom stereocenters. The fourth-order valence-corrected chi connectivity index (χ4v) is 3.58. The van der Waals surface area contributed by atoms with Crippen LogP contribution in [0, 0.1) is 0 Å². The number of aromatic nitrogens is 3. The van der Waals surface area contributed by atoms with Crippen molar-refractivity contribution in [1.82, 2.24) is 14.8 Å². The first-order valence-corrected chi connectivity index (χ1v) is 9.51. The van der Waals surface area contributed by atoms with E-state index in [1.807, 2.05) is 36.4 Å². The molecule has 8 heteroatoms. The van der Waals surface area contributed by atoms with Gasteiger partial charge < -0.3 is 9.73 Å². The Morgan fingerprint density at radius 2 is 2.00 bits per heavy atom. The van der Waals surface area contributed by atoms with Gasteiger partial charge in [0.25, 0.3) is 0 Å². The van der Waals surface area contributed by atoms with Crippen molar-refractivity contribution in [3.8, 4) is 5.69 Å². The highest BCUT2D eigenvalue weighted by Gasteiger charge is 2.10. The smallest absolute Gasteiger partial charge is 0.336 e. The van der Waals surface area contributed by atoms with Crippen molar-refractivity contribution < 1.29 is 9.21 Å². The summed E-state index contributed by atoms with van der Waals surface area (Å²) in [6.45, 7) is 1.43. The zero-order valence-electron chi connectivity index (χ0n) is 15.0. The zero-order valence-corrected chi connectivity index (χ0v) is 15.8. The summed E-state index contributed by atoms with van der Waals surface area (Å²) in [5.74, 6) is 0.328. The first-order valence-electron chi connectivity index (χ1n) is 8.53. The van der Waals surface area contributed by atoms with Crippen molar-refractivity contribution in [1.29, 1.82) is 0 Å². The molecule has 0 aliphatic heterocycles. The zero-order chi connectivity index (χ0) is 19.5. The lowest BCUT2D eigenvalue weighted by atomic mass is 10.1. The molecule has 2 aromatic carbocycles. The number of hydrogen-bond donors (Lipinski definition) is 1. The molecule has 7 nitrogen and oxygen atoms in total. The number of benzene rings is 2. The maximum absolute atomic E-state index is 11.9. The number of anilines is 1. The summed E-state index contributed by atoms with van der Waals surface area (Å²) in [7, 11) is 0. The average molecular weight is 392 g/mol. The van der Waals surface area contributed by atoms with Crippen molar-refractivity contribution in [3.05, 3.63) is 76.9 Å². The largest absolute Gasteiger partial charge is 0.423 e. The molecule has 28 heavy (non-hydrogen) atoms. The third-order valence-electron chi connectivity index (χ3n) is 4.00. The molecule has 0 radical (unpaired) electrons. The van der Waals surface area contributed by atoms with E-state index < -0.39 is 5.63 Å². The van der Waals surface area contributed by atoms with Gasteiger partial charge in [0.1, 0.15) is 11.9 Å². The van der Waals surface area contributed by atoms with Gasteiger partial charge in [-0.3, -0.25) is 4.79 Å². The van der Waals surface area contributed by atoms with E-state index >= 15 is 0 Å². The lowest BCUT2D eigenvalue weighted by molar-refractivity contribution is -0.114. The summed E-state index contributed by atoms with van der Waals surface area (Å²) >= 11 is 1.43. The minimum Gasteiger partial charge on any atom is -0.423 e. The van der Waals surface area contributed by atoms with Gasteiger partial charge in [-0.2, -0.15) is 0 Å². The lowest BCUT2D eigenvalue weighted by Gasteiger charge is -2.07. The SMILES string of the molecule is CC(=O)Nc1ccc2c(CSc3ncn(-c4ccccc4)n3)cc(=O)oc2c1. The number of fused-ring (bicyclic) bond motifs is 1. The van der Waals surface area contributed by atoms with E-state index in [1.165, 1.54) is 24.8 Å². The number of carbonyl (C=O) groups excluding carboxylic acids is 1. The van der Waals surface area contributed by atoms with Crippen LogP contribution in [-0.4, -0.2) is 20.7 Å². The lowest BCUT2D eigenvalue weighted by Crippen LogP contribution is -2.06. The maximum atomic E-state index is 11.9. The Morgan fingerprint density at radius 3 is 2.79 bits per heavy atom. The highest BCUT2D eigenvalue weighted by atomic mass is 32.2. The number of rotatable bonds is 5. The van der Waals surface area contributed by atoms with E-state index in [4.69, 9.17) is 4.42 Å². The molecule has 0 spiro atoms. The molecule has 0 aliphatic carbocycles. The van der Waals surface area contributed by atoms with E-state index in [9.17, 15) is 9.59 Å². The normalized spacial score (nSPS) is 10.9. The third-order valence-corrected chi connectivity index (χ3v) is 4.90. The molecule has 0 fully saturated rings. The summed E-state index contributed by atoms with van der Waals surface area (Å²) in [6.07, 6.45) is 1.66. The quantitative estimate of drug-likeness (QED) is 0.412. The standard InChI is InChI=1S/C20H16N4O3S/c1-13(25)22-15-7-8-17-14(9-19(26)27-18(17)10-15)11-28-20-21-12-24(23-20)16-5-3-2-4-6-16/h2-10,12H,11H2,1H3,(H,22,25). The van der Waals surface area contributed by atoms with Crippen LogP contribution in [0.4, 0.5) is 5.69 Å². The van der Waals surface area contributed by atoms with Crippen LogP contribution in [0.5, 0.6) is 0 Å². The van der Waals surface area contributed by atoms with Crippen molar-refractivity contribution in [2.75, 3.05) is 5.32 Å². The molecule has 140 valence electrons. The minimum atomic E-state index is -0.439. The number of nitrogens with one attached hydrogen (secondary N) is 1. The van der Waals surface area contributed by atoms with Crippen molar-refractivity contribution in [2.45, 2.75) is 17.8 Å². The summed E-state index contributed by atoms with van der Waals surface area (Å²) in [6, 6.07) is 16.5. The van der Waals surface area contributed by atoms with Crippen LogP contribution in [0.2, 0.25) is 0 Å². The number of amides is 1. The van der Waals surface area contributed by atoms with E-state index in [0.717, 1.165) is 16.6 Å². The summed E-state index contributed by atoms with van der Waals surface area (Å²) < 4.78 is 6.99. The number of nitrogens with zero attached hydrogens (tertiary/aromatic N) is 3. The molecule has 0 atom stereocenters. The highest BCUT2D eigenvalue weighted by Crippen LogP contribution is 2.26. The molecule has 4 rings (SSSR count). The van der Waals surface area contributed by atoms with Crippen molar-refractivity contribution in [3.63, 3.8) is 0 Å². The van der Waals surface area contributed by atoms with Gasteiger partial charge in [-0.25, -0.2) is 14.5 Å². The van der Waals surface area contributed by atoms with Crippen molar-refractivity contribution in [2.24, 2.45) is 0 Å². The second-order valence-electron chi connectivity index (χ2n) is 6.08. The predicted octanol–water partition coefficient (Wildman–Crippen LogP) is 3.62. The predicted molar refractivity (Wildman–Crippen MR) is 108 cm³/mol. The first-order chi connectivity index (χ1) is 13.6. The topological polar surface area (TPSA) is 90.0 Å². The fraction of sp³-hybridized carbons (Fsp3) is 0.100. The van der Waals surface area contributed by atoms with E-state index in [-0.39, 0.29) is 5.91 Å². The molecule has 1 amide bonds. The van der Waals surface area contributed by atoms with Gasteiger partial charge in [0, 0.05) is 35.9 Å². The number of carbonyl (C=O) groups is 1. The Bertz CT molecular complexity index is 1200. The summed E-state index contributed by atoms with van der Waals surface area (Å²) in [4.78, 5) is 27.5. The number of hydrogen-bond acceptors (Lipinski definition) is 6. The number of para-hydroxylation sites is 1. The molecule has 0 saturated heterocycles. The molecule has 0 bridgehead atoms. The minimum absolute atomic E-state index is 0.187. The second-order valence-corrected chi connectivity index (χ2v) is 7.02. The Labute approximate surface area is 164 Å². The number of thioether (sulfide) groups is 1. The molecule has 2 heterocycles. The van der Waals surface area contributed by atoms with Gasteiger partial charge in [-0.05, 0) is 29.8 Å². The molecule has 2 aromatic heterocycles. The van der Waals surface area contributed by atoms with Crippen LogP contribution < -0.4 is 10.9 Å². The van der Waals surface area contributed by atoms with Crippen LogP contribution in [0.25, 0.3) is 16.7 Å². The van der Waals surface area contributed by atoms with Crippen molar-refractivity contribution >= 4 is 34.3 Å². The monoisotopic (exact) mass is 392 g/mol. The van der Waals surface area contributed by atoms with E-state index in [1.54, 1.807) is 23.1 Å².